The van der Waals surface area contributed by atoms with Gasteiger partial charge in [-0.25, -0.2) is 4.68 Å². The van der Waals surface area contributed by atoms with Crippen molar-refractivity contribution in [2.45, 2.75) is 26.1 Å². The Kier molecular flexibility index (Phi) is 4.83. The van der Waals surface area contributed by atoms with Gasteiger partial charge in [0, 0.05) is 17.3 Å². The Morgan fingerprint density at radius 2 is 2.19 bits per heavy atom. The van der Waals surface area contributed by atoms with E-state index in [-0.39, 0.29) is 5.54 Å². The molecule has 4 nitrogen and oxygen atoms in total. The van der Waals surface area contributed by atoms with Crippen LogP contribution in [0.4, 0.5) is 0 Å². The van der Waals surface area contributed by atoms with Gasteiger partial charge in [-0.3, -0.25) is 0 Å². The van der Waals surface area contributed by atoms with Crippen LogP contribution in [-0.4, -0.2) is 34.7 Å². The Balaban J connectivity index is 2.36. The summed E-state index contributed by atoms with van der Waals surface area (Å²) < 4.78 is 7.31. The molecule has 0 fully saturated rings. The van der Waals surface area contributed by atoms with Crippen molar-refractivity contribution in [1.82, 2.24) is 9.78 Å². The SMILES string of the molecule is C[S+](C)CCOCn1cc(C(C)(C)N)cn1. The number of ether oxygens (including phenoxy) is 1. The molecule has 0 unspecified atom stereocenters. The van der Waals surface area contributed by atoms with Crippen LogP contribution in [0.15, 0.2) is 12.4 Å². The van der Waals surface area contributed by atoms with E-state index in [1.165, 1.54) is 0 Å². The van der Waals surface area contributed by atoms with Crippen molar-refractivity contribution in [2.75, 3.05) is 24.9 Å². The quantitative estimate of drug-likeness (QED) is 0.598. The van der Waals surface area contributed by atoms with E-state index in [0.717, 1.165) is 17.9 Å². The second kappa shape index (κ2) is 5.70. The number of aromatic nitrogens is 2. The van der Waals surface area contributed by atoms with Crippen molar-refractivity contribution < 1.29 is 4.74 Å². The van der Waals surface area contributed by atoms with Crippen LogP contribution in [0, 0.1) is 0 Å². The van der Waals surface area contributed by atoms with E-state index in [4.69, 9.17) is 10.5 Å². The Morgan fingerprint density at radius 1 is 1.50 bits per heavy atom. The molecule has 0 saturated carbocycles. The fraction of sp³-hybridized carbons (Fsp3) is 0.727. The van der Waals surface area contributed by atoms with Crippen LogP contribution in [-0.2, 0) is 27.9 Å². The third kappa shape index (κ3) is 4.55. The molecule has 0 spiro atoms. The predicted octanol–water partition coefficient (Wildman–Crippen LogP) is 0.929. The summed E-state index contributed by atoms with van der Waals surface area (Å²) in [6.07, 6.45) is 8.17. The lowest BCUT2D eigenvalue weighted by Crippen LogP contribution is -2.28. The van der Waals surface area contributed by atoms with Gasteiger partial charge < -0.3 is 10.5 Å². The topological polar surface area (TPSA) is 53.1 Å². The van der Waals surface area contributed by atoms with Crippen LogP contribution in [0.3, 0.4) is 0 Å². The summed E-state index contributed by atoms with van der Waals surface area (Å²) in [5.74, 6) is 1.11. The third-order valence-corrected chi connectivity index (χ3v) is 3.22. The molecule has 1 rings (SSSR count). The fourth-order valence-corrected chi connectivity index (χ4v) is 1.60. The van der Waals surface area contributed by atoms with E-state index < -0.39 is 0 Å². The maximum Gasteiger partial charge on any atom is 0.139 e. The molecule has 0 aliphatic carbocycles. The van der Waals surface area contributed by atoms with E-state index >= 15 is 0 Å². The van der Waals surface area contributed by atoms with Crippen molar-refractivity contribution >= 4 is 10.9 Å². The van der Waals surface area contributed by atoms with E-state index in [9.17, 15) is 0 Å². The molecule has 16 heavy (non-hydrogen) atoms. The molecule has 0 aromatic carbocycles. The van der Waals surface area contributed by atoms with Crippen molar-refractivity contribution in [3.8, 4) is 0 Å². The van der Waals surface area contributed by atoms with Gasteiger partial charge in [-0.1, -0.05) is 0 Å². The van der Waals surface area contributed by atoms with Gasteiger partial charge in [0.15, 0.2) is 0 Å². The van der Waals surface area contributed by atoms with Crippen molar-refractivity contribution in [3.05, 3.63) is 18.0 Å². The molecule has 0 aliphatic heterocycles. The average Bonchev–Trinajstić information content (AvgIpc) is 2.59. The molecule has 0 amide bonds. The molecule has 0 radical (unpaired) electrons. The van der Waals surface area contributed by atoms with Crippen molar-refractivity contribution in [3.63, 3.8) is 0 Å². The number of nitrogens with zero attached hydrogens (tertiary/aromatic N) is 2. The third-order valence-electron chi connectivity index (χ3n) is 2.24. The maximum atomic E-state index is 5.97. The van der Waals surface area contributed by atoms with E-state index in [2.05, 4.69) is 17.6 Å². The van der Waals surface area contributed by atoms with Crippen molar-refractivity contribution in [1.29, 1.82) is 0 Å². The van der Waals surface area contributed by atoms with E-state index in [1.54, 1.807) is 10.9 Å². The largest absolute Gasteiger partial charge is 0.354 e. The van der Waals surface area contributed by atoms with Gasteiger partial charge in [0.05, 0.1) is 25.3 Å². The number of nitrogens with two attached hydrogens (primary N) is 1. The first-order chi connectivity index (χ1) is 7.39. The first-order valence-corrected chi connectivity index (χ1v) is 7.54. The monoisotopic (exact) mass is 244 g/mol. The van der Waals surface area contributed by atoms with Crippen LogP contribution in [0.25, 0.3) is 0 Å². The summed E-state index contributed by atoms with van der Waals surface area (Å²) in [6.45, 7) is 5.23. The molecule has 0 atom stereocenters. The standard InChI is InChI=1S/C11H22N3OS/c1-11(2,12)10-7-13-14(8-10)9-15-5-6-16(3)4/h7-8H,5-6,9,12H2,1-4H3/q+1. The van der Waals surface area contributed by atoms with Crippen LogP contribution in [0.5, 0.6) is 0 Å². The number of hydrogen-bond acceptors (Lipinski definition) is 3. The first-order valence-electron chi connectivity index (χ1n) is 5.33. The molecule has 92 valence electrons. The summed E-state index contributed by atoms with van der Waals surface area (Å²) >= 11 is 0. The van der Waals surface area contributed by atoms with Crippen molar-refractivity contribution in [2.24, 2.45) is 5.73 Å². The van der Waals surface area contributed by atoms with E-state index in [0.29, 0.717) is 17.6 Å². The first kappa shape index (κ1) is 13.5. The van der Waals surface area contributed by atoms with Gasteiger partial charge in [-0.2, -0.15) is 5.10 Å². The lowest BCUT2D eigenvalue weighted by molar-refractivity contribution is 0.0809. The van der Waals surface area contributed by atoms with Gasteiger partial charge in [-0.15, -0.1) is 0 Å². The molecule has 2 N–H and O–H groups in total. The molecule has 0 saturated heterocycles. The summed E-state index contributed by atoms with van der Waals surface area (Å²) in [4.78, 5) is 0. The lowest BCUT2D eigenvalue weighted by Gasteiger charge is -2.15. The summed E-state index contributed by atoms with van der Waals surface area (Å²) in [5, 5.41) is 4.21. The molecular formula is C11H22N3OS+. The minimum Gasteiger partial charge on any atom is -0.354 e. The molecule has 0 bridgehead atoms. The van der Waals surface area contributed by atoms with Crippen LogP contribution >= 0.6 is 0 Å². The van der Waals surface area contributed by atoms with Crippen LogP contribution in [0.1, 0.15) is 19.4 Å². The molecule has 1 heterocycles. The molecule has 1 aromatic rings. The molecule has 0 aliphatic rings. The molecule has 1 aromatic heterocycles. The van der Waals surface area contributed by atoms with Gasteiger partial charge in [0.1, 0.15) is 12.5 Å². The highest BCUT2D eigenvalue weighted by Crippen LogP contribution is 2.14. The summed E-state index contributed by atoms with van der Waals surface area (Å²) in [5.41, 5.74) is 6.67. The van der Waals surface area contributed by atoms with Crippen LogP contribution < -0.4 is 5.73 Å². The lowest BCUT2D eigenvalue weighted by atomic mass is 10.00. The highest BCUT2D eigenvalue weighted by molar-refractivity contribution is 7.95. The normalized spacial score (nSPS) is 12.4. The Hall–Kier alpha value is -0.520. The van der Waals surface area contributed by atoms with Gasteiger partial charge in [-0.05, 0) is 24.7 Å². The zero-order valence-electron chi connectivity index (χ0n) is 10.6. The van der Waals surface area contributed by atoms with Gasteiger partial charge in [0.25, 0.3) is 0 Å². The second-order valence-corrected chi connectivity index (χ2v) is 7.10. The summed E-state index contributed by atoms with van der Waals surface area (Å²) in [7, 11) is 0.443. The molecule has 5 heteroatoms. The number of rotatable bonds is 6. The second-order valence-electron chi connectivity index (χ2n) is 4.72. The Labute approximate surface area is 101 Å². The minimum atomic E-state index is -0.336. The zero-order chi connectivity index (χ0) is 12.2. The highest BCUT2D eigenvalue weighted by Gasteiger charge is 2.15. The Morgan fingerprint density at radius 3 is 2.69 bits per heavy atom. The number of hydrogen-bond donors (Lipinski definition) is 1. The maximum absolute atomic E-state index is 5.97. The van der Waals surface area contributed by atoms with Crippen LogP contribution in [0.2, 0.25) is 0 Å². The predicted molar refractivity (Wildman–Crippen MR) is 69.5 cm³/mol. The van der Waals surface area contributed by atoms with Gasteiger partial charge >= 0.3 is 0 Å². The molecular weight excluding hydrogens is 222 g/mol. The zero-order valence-corrected chi connectivity index (χ0v) is 11.4. The average molecular weight is 244 g/mol. The summed E-state index contributed by atoms with van der Waals surface area (Å²) in [6, 6.07) is 0. The smallest absolute Gasteiger partial charge is 0.139 e. The Bertz CT molecular complexity index is 317. The van der Waals surface area contributed by atoms with E-state index in [1.807, 2.05) is 20.0 Å². The fourth-order valence-electron chi connectivity index (χ4n) is 1.15. The van der Waals surface area contributed by atoms with Gasteiger partial charge in [0.2, 0.25) is 0 Å². The highest BCUT2D eigenvalue weighted by atomic mass is 32.2. The minimum absolute atomic E-state index is 0.336.